The van der Waals surface area contributed by atoms with Crippen LogP contribution in [0.3, 0.4) is 0 Å². The number of hydrogen-bond donors (Lipinski definition) is 2. The molecule has 0 atom stereocenters. The maximum atomic E-state index is 6.17. The first-order valence-electron chi connectivity index (χ1n) is 7.46. The monoisotopic (exact) mass is 358 g/mol. The topological polar surface area (TPSA) is 49.8 Å². The largest absolute Gasteiger partial charge is 0.350 e. The molecule has 1 aromatic heterocycles. The minimum Gasteiger partial charge on any atom is -0.350 e. The van der Waals surface area contributed by atoms with Crippen molar-refractivity contribution in [1.29, 1.82) is 0 Å². The Morgan fingerprint density at radius 2 is 1.79 bits per heavy atom. The number of aryl methyl sites for hydroxylation is 1. The van der Waals surface area contributed by atoms with E-state index in [2.05, 4.69) is 20.6 Å². The van der Waals surface area contributed by atoms with Crippen LogP contribution in [0.25, 0.3) is 0 Å². The van der Waals surface area contributed by atoms with Crippen molar-refractivity contribution in [2.75, 3.05) is 10.6 Å². The Balaban J connectivity index is 1.75. The van der Waals surface area contributed by atoms with Crippen LogP contribution in [0.4, 0.5) is 17.5 Å². The minimum absolute atomic E-state index is 0.541. The Kier molecular flexibility index (Phi) is 5.18. The number of rotatable bonds is 5. The zero-order valence-electron chi connectivity index (χ0n) is 13.1. The number of anilines is 3. The van der Waals surface area contributed by atoms with E-state index in [9.17, 15) is 0 Å². The molecular weight excluding hydrogens is 343 g/mol. The zero-order chi connectivity index (χ0) is 16.9. The highest BCUT2D eigenvalue weighted by Gasteiger charge is 2.05. The third-order valence-electron chi connectivity index (χ3n) is 3.35. The van der Waals surface area contributed by atoms with E-state index in [1.54, 1.807) is 0 Å². The van der Waals surface area contributed by atoms with Gasteiger partial charge in [-0.3, -0.25) is 0 Å². The van der Waals surface area contributed by atoms with Crippen LogP contribution in [0.1, 0.15) is 11.3 Å². The second-order valence-corrected chi connectivity index (χ2v) is 6.14. The first-order chi connectivity index (χ1) is 11.6. The van der Waals surface area contributed by atoms with Crippen molar-refractivity contribution < 1.29 is 0 Å². The van der Waals surface area contributed by atoms with Crippen LogP contribution in [-0.2, 0) is 6.54 Å². The molecule has 3 rings (SSSR count). The van der Waals surface area contributed by atoms with E-state index < -0.39 is 0 Å². The molecule has 0 aliphatic rings. The van der Waals surface area contributed by atoms with Gasteiger partial charge in [-0.25, -0.2) is 4.98 Å². The van der Waals surface area contributed by atoms with Crippen molar-refractivity contribution >= 4 is 40.7 Å². The summed E-state index contributed by atoms with van der Waals surface area (Å²) in [5.74, 6) is 1.24. The molecule has 0 bridgehead atoms. The summed E-state index contributed by atoms with van der Waals surface area (Å²) in [4.78, 5) is 8.89. The average Bonchev–Trinajstić information content (AvgIpc) is 2.53. The molecule has 0 radical (unpaired) electrons. The quantitative estimate of drug-likeness (QED) is 0.636. The lowest BCUT2D eigenvalue weighted by molar-refractivity contribution is 1.03. The SMILES string of the molecule is Cc1cc(Nc2cccc(Cl)c2)nc(NCc2ccccc2Cl)n1. The van der Waals surface area contributed by atoms with Crippen molar-refractivity contribution in [1.82, 2.24) is 9.97 Å². The van der Waals surface area contributed by atoms with Crippen LogP contribution in [0.15, 0.2) is 54.6 Å². The standard InChI is InChI=1S/C18H16Cl2N4/c1-12-9-17(23-15-7-4-6-14(19)10-15)24-18(22-12)21-11-13-5-2-3-8-16(13)20/h2-10H,11H2,1H3,(H2,21,22,23,24). The third kappa shape index (κ3) is 4.37. The van der Waals surface area contributed by atoms with Gasteiger partial charge < -0.3 is 10.6 Å². The van der Waals surface area contributed by atoms with Gasteiger partial charge in [-0.1, -0.05) is 47.5 Å². The summed E-state index contributed by atoms with van der Waals surface area (Å²) in [5.41, 5.74) is 2.72. The van der Waals surface area contributed by atoms with Gasteiger partial charge in [0.25, 0.3) is 0 Å². The van der Waals surface area contributed by atoms with Crippen LogP contribution < -0.4 is 10.6 Å². The van der Waals surface area contributed by atoms with Gasteiger partial charge >= 0.3 is 0 Å². The van der Waals surface area contributed by atoms with Crippen molar-refractivity contribution in [3.63, 3.8) is 0 Å². The van der Waals surface area contributed by atoms with Gasteiger partial charge in [0, 0.05) is 34.0 Å². The van der Waals surface area contributed by atoms with Crippen molar-refractivity contribution in [3.8, 4) is 0 Å². The highest BCUT2D eigenvalue weighted by Crippen LogP contribution is 2.21. The fraction of sp³-hybridized carbons (Fsp3) is 0.111. The molecule has 122 valence electrons. The van der Waals surface area contributed by atoms with E-state index in [0.29, 0.717) is 23.3 Å². The normalized spacial score (nSPS) is 10.5. The smallest absolute Gasteiger partial charge is 0.225 e. The van der Waals surface area contributed by atoms with E-state index in [0.717, 1.165) is 22.0 Å². The molecule has 2 aromatic carbocycles. The summed E-state index contributed by atoms with van der Waals surface area (Å²) in [7, 11) is 0. The highest BCUT2D eigenvalue weighted by molar-refractivity contribution is 6.31. The summed E-state index contributed by atoms with van der Waals surface area (Å²) >= 11 is 12.2. The predicted octanol–water partition coefficient (Wildman–Crippen LogP) is 5.45. The number of hydrogen-bond acceptors (Lipinski definition) is 4. The Morgan fingerprint density at radius 1 is 0.958 bits per heavy atom. The number of benzene rings is 2. The lowest BCUT2D eigenvalue weighted by Crippen LogP contribution is -2.06. The van der Waals surface area contributed by atoms with Crippen LogP contribution in [-0.4, -0.2) is 9.97 Å². The van der Waals surface area contributed by atoms with Gasteiger partial charge in [0.2, 0.25) is 5.95 Å². The molecule has 0 aliphatic carbocycles. The number of aromatic nitrogens is 2. The first-order valence-corrected chi connectivity index (χ1v) is 8.21. The molecule has 6 heteroatoms. The molecular formula is C18H16Cl2N4. The lowest BCUT2D eigenvalue weighted by Gasteiger charge is -2.11. The van der Waals surface area contributed by atoms with Crippen LogP contribution in [0.5, 0.6) is 0 Å². The molecule has 0 fully saturated rings. The second kappa shape index (κ2) is 7.51. The minimum atomic E-state index is 0.541. The Bertz CT molecular complexity index is 852. The molecule has 2 N–H and O–H groups in total. The molecule has 0 spiro atoms. The van der Waals surface area contributed by atoms with E-state index in [-0.39, 0.29) is 0 Å². The molecule has 0 unspecified atom stereocenters. The van der Waals surface area contributed by atoms with Gasteiger partial charge in [-0.2, -0.15) is 4.98 Å². The zero-order valence-corrected chi connectivity index (χ0v) is 14.6. The second-order valence-electron chi connectivity index (χ2n) is 5.30. The molecule has 0 saturated heterocycles. The molecule has 0 saturated carbocycles. The number of nitrogens with zero attached hydrogens (tertiary/aromatic N) is 2. The van der Waals surface area contributed by atoms with E-state index in [1.165, 1.54) is 0 Å². The Labute approximate surface area is 150 Å². The summed E-state index contributed by atoms with van der Waals surface area (Å²) in [6.45, 7) is 2.48. The lowest BCUT2D eigenvalue weighted by atomic mass is 10.2. The third-order valence-corrected chi connectivity index (χ3v) is 3.95. The molecule has 0 aliphatic heterocycles. The number of halogens is 2. The van der Waals surface area contributed by atoms with Gasteiger partial charge in [0.05, 0.1) is 0 Å². The molecule has 4 nitrogen and oxygen atoms in total. The Morgan fingerprint density at radius 3 is 2.58 bits per heavy atom. The molecule has 24 heavy (non-hydrogen) atoms. The fourth-order valence-electron chi connectivity index (χ4n) is 2.24. The Hall–Kier alpha value is -2.30. The summed E-state index contributed by atoms with van der Waals surface area (Å²) in [6.07, 6.45) is 0. The van der Waals surface area contributed by atoms with Gasteiger partial charge in [0.1, 0.15) is 5.82 Å². The molecule has 1 heterocycles. The summed E-state index contributed by atoms with van der Waals surface area (Å²) in [6, 6.07) is 17.0. The van der Waals surface area contributed by atoms with Gasteiger partial charge in [0.15, 0.2) is 0 Å². The maximum absolute atomic E-state index is 6.17. The average molecular weight is 359 g/mol. The predicted molar refractivity (Wildman–Crippen MR) is 100 cm³/mol. The van der Waals surface area contributed by atoms with Crippen LogP contribution in [0, 0.1) is 6.92 Å². The van der Waals surface area contributed by atoms with Gasteiger partial charge in [-0.15, -0.1) is 0 Å². The number of nitrogens with one attached hydrogen (secondary N) is 2. The first kappa shape index (κ1) is 16.6. The van der Waals surface area contributed by atoms with Crippen molar-refractivity contribution in [3.05, 3.63) is 75.9 Å². The fourth-order valence-corrected chi connectivity index (χ4v) is 2.63. The van der Waals surface area contributed by atoms with Gasteiger partial charge in [-0.05, 0) is 36.8 Å². The van der Waals surface area contributed by atoms with E-state index in [1.807, 2.05) is 61.5 Å². The van der Waals surface area contributed by atoms with Crippen LogP contribution >= 0.6 is 23.2 Å². The summed E-state index contributed by atoms with van der Waals surface area (Å²) < 4.78 is 0. The van der Waals surface area contributed by atoms with Crippen molar-refractivity contribution in [2.24, 2.45) is 0 Å². The van der Waals surface area contributed by atoms with Crippen molar-refractivity contribution in [2.45, 2.75) is 13.5 Å². The van der Waals surface area contributed by atoms with E-state index in [4.69, 9.17) is 23.2 Å². The van der Waals surface area contributed by atoms with E-state index >= 15 is 0 Å². The molecule has 0 amide bonds. The maximum Gasteiger partial charge on any atom is 0.225 e. The summed E-state index contributed by atoms with van der Waals surface area (Å²) in [5, 5.41) is 7.83. The highest BCUT2D eigenvalue weighted by atomic mass is 35.5. The molecule has 3 aromatic rings. The van der Waals surface area contributed by atoms with Crippen LogP contribution in [0.2, 0.25) is 10.0 Å².